The van der Waals surface area contributed by atoms with Gasteiger partial charge in [0.15, 0.2) is 0 Å². The van der Waals surface area contributed by atoms with Crippen molar-refractivity contribution in [2.75, 3.05) is 0 Å². The van der Waals surface area contributed by atoms with Gasteiger partial charge in [-0.05, 0) is 0 Å². The van der Waals surface area contributed by atoms with E-state index in [4.69, 9.17) is 4.42 Å². The Hall–Kier alpha value is -1.37. The fraction of sp³-hybridized carbons (Fsp3) is 0. The van der Waals surface area contributed by atoms with Gasteiger partial charge in [-0.15, -0.1) is 0 Å². The van der Waals surface area contributed by atoms with Gasteiger partial charge in [-0.1, -0.05) is 0 Å². The number of fused-ring (bicyclic) bond motifs is 2. The average Bonchev–Trinajstić information content (AvgIpc) is 2.27. The van der Waals surface area contributed by atoms with Crippen molar-refractivity contribution in [2.45, 2.75) is 0 Å². The molecule has 0 unspecified atom stereocenters. The van der Waals surface area contributed by atoms with Crippen molar-refractivity contribution in [1.82, 2.24) is 0 Å². The van der Waals surface area contributed by atoms with E-state index < -0.39 is 0 Å². The van der Waals surface area contributed by atoms with Crippen molar-refractivity contribution >= 4 is 42.4 Å². The second-order valence-corrected chi connectivity index (χ2v) is 4.37. The van der Waals surface area contributed by atoms with E-state index in [-0.39, 0.29) is 0 Å². The number of hydrogen-bond acceptors (Lipinski definition) is 0. The third-order valence-corrected chi connectivity index (χ3v) is 3.21. The van der Waals surface area contributed by atoms with Crippen molar-refractivity contribution in [3.05, 3.63) is 48.5 Å². The van der Waals surface area contributed by atoms with Crippen LogP contribution in [0.4, 0.5) is 0 Å². The van der Waals surface area contributed by atoms with Crippen LogP contribution < -0.4 is 4.46 Å². The van der Waals surface area contributed by atoms with Crippen molar-refractivity contribution in [3.63, 3.8) is 0 Å². The van der Waals surface area contributed by atoms with Gasteiger partial charge < -0.3 is 0 Å². The molecule has 1 radical (unpaired) electrons. The van der Waals surface area contributed by atoms with E-state index in [1.165, 1.54) is 0 Å². The van der Waals surface area contributed by atoms with E-state index in [0.29, 0.717) is 0 Å². The van der Waals surface area contributed by atoms with Crippen LogP contribution in [0.3, 0.4) is 0 Å². The normalized spacial score (nSPS) is 10.9. The standard InChI is InChI=1S/C13H8OSe/c15-13-7-3-6-12-10(13)8-9-4-1-2-5-11(9)14-12/h1-8H/q+1. The molecule has 0 amide bonds. The Balaban J connectivity index is 2.53. The zero-order chi connectivity index (χ0) is 10.3. The molecule has 0 spiro atoms. The first-order valence-corrected chi connectivity index (χ1v) is 5.62. The first kappa shape index (κ1) is 8.90. The van der Waals surface area contributed by atoms with E-state index in [1.54, 1.807) is 0 Å². The van der Waals surface area contributed by atoms with Gasteiger partial charge in [0.1, 0.15) is 0 Å². The van der Waals surface area contributed by atoms with Gasteiger partial charge in [-0.3, -0.25) is 0 Å². The van der Waals surface area contributed by atoms with Crippen LogP contribution in [0.25, 0.3) is 21.9 Å². The van der Waals surface area contributed by atoms with Crippen LogP contribution in [0.1, 0.15) is 0 Å². The molecule has 3 rings (SSSR count). The van der Waals surface area contributed by atoms with Crippen LogP contribution in [-0.4, -0.2) is 16.0 Å². The van der Waals surface area contributed by atoms with E-state index in [1.807, 2.05) is 36.4 Å². The van der Waals surface area contributed by atoms with E-state index in [0.717, 1.165) is 26.4 Å². The van der Waals surface area contributed by atoms with Gasteiger partial charge in [0.25, 0.3) is 0 Å². The Bertz CT molecular complexity index is 646. The van der Waals surface area contributed by atoms with Crippen molar-refractivity contribution in [3.8, 4) is 0 Å². The van der Waals surface area contributed by atoms with Crippen LogP contribution in [0.2, 0.25) is 0 Å². The second-order valence-electron chi connectivity index (χ2n) is 3.45. The van der Waals surface area contributed by atoms with Gasteiger partial charge in [-0.2, -0.15) is 0 Å². The van der Waals surface area contributed by atoms with Crippen LogP contribution in [-0.2, 0) is 0 Å². The molecule has 3 aromatic rings. The summed E-state index contributed by atoms with van der Waals surface area (Å²) in [6.45, 7) is 0. The quantitative estimate of drug-likeness (QED) is 0.343. The molecule has 1 aromatic heterocycles. The summed E-state index contributed by atoms with van der Waals surface area (Å²) < 4.78 is 6.93. The summed E-state index contributed by atoms with van der Waals surface area (Å²) >= 11 is 3.05. The third kappa shape index (κ3) is 1.43. The fourth-order valence-corrected chi connectivity index (χ4v) is 2.22. The van der Waals surface area contributed by atoms with Gasteiger partial charge in [0.2, 0.25) is 0 Å². The molecule has 0 atom stereocenters. The van der Waals surface area contributed by atoms with Crippen LogP contribution in [0.15, 0.2) is 52.9 Å². The molecule has 1 heterocycles. The Morgan fingerprint density at radius 2 is 1.67 bits per heavy atom. The monoisotopic (exact) mass is 260 g/mol. The molecule has 0 saturated heterocycles. The maximum atomic E-state index is 5.81. The molecule has 15 heavy (non-hydrogen) atoms. The molecule has 2 heteroatoms. The number of para-hydroxylation sites is 1. The number of rotatable bonds is 0. The summed E-state index contributed by atoms with van der Waals surface area (Å²) in [6.07, 6.45) is 0. The summed E-state index contributed by atoms with van der Waals surface area (Å²) in [5, 5.41) is 2.27. The van der Waals surface area contributed by atoms with Gasteiger partial charge in [0.05, 0.1) is 0 Å². The van der Waals surface area contributed by atoms with E-state index >= 15 is 0 Å². The first-order chi connectivity index (χ1) is 7.34. The summed E-state index contributed by atoms with van der Waals surface area (Å²) in [4.78, 5) is 0. The van der Waals surface area contributed by atoms with Crippen molar-refractivity contribution in [1.29, 1.82) is 0 Å². The minimum atomic E-state index is 0.921. The summed E-state index contributed by atoms with van der Waals surface area (Å²) in [5.74, 6) is 0. The molecule has 2 aromatic carbocycles. The van der Waals surface area contributed by atoms with E-state index in [9.17, 15) is 0 Å². The van der Waals surface area contributed by atoms with Crippen molar-refractivity contribution < 1.29 is 4.42 Å². The van der Waals surface area contributed by atoms with Crippen LogP contribution in [0.5, 0.6) is 0 Å². The SMILES string of the molecule is [Se]c1cccc2[o+]c3ccccc3cc12. The Labute approximate surface area is 95.5 Å². The van der Waals surface area contributed by atoms with Crippen LogP contribution >= 0.6 is 0 Å². The summed E-state index contributed by atoms with van der Waals surface area (Å²) in [5.41, 5.74) is 1.85. The number of hydrogen-bond donors (Lipinski definition) is 0. The van der Waals surface area contributed by atoms with E-state index in [2.05, 4.69) is 28.1 Å². The Morgan fingerprint density at radius 3 is 2.60 bits per heavy atom. The zero-order valence-corrected chi connectivity index (χ0v) is 9.65. The molecule has 0 aliphatic heterocycles. The number of benzene rings is 2. The molecule has 0 N–H and O–H groups in total. The predicted molar refractivity (Wildman–Crippen MR) is 63.5 cm³/mol. The molecule has 1 nitrogen and oxygen atoms in total. The maximum absolute atomic E-state index is 5.81. The molecule has 71 valence electrons. The van der Waals surface area contributed by atoms with Gasteiger partial charge in [0, 0.05) is 0 Å². The van der Waals surface area contributed by atoms with Gasteiger partial charge in [-0.25, -0.2) is 0 Å². The molecule has 0 aliphatic carbocycles. The molecule has 0 fully saturated rings. The summed E-state index contributed by atoms with van der Waals surface area (Å²) in [6, 6.07) is 16.2. The average molecular weight is 259 g/mol. The second kappa shape index (κ2) is 3.34. The molecule has 0 aliphatic rings. The minimum absolute atomic E-state index is 0.921. The fourth-order valence-electron chi connectivity index (χ4n) is 1.72. The first-order valence-electron chi connectivity index (χ1n) is 4.76. The third-order valence-electron chi connectivity index (χ3n) is 2.46. The predicted octanol–water partition coefficient (Wildman–Crippen LogP) is 2.66. The van der Waals surface area contributed by atoms with Crippen LogP contribution in [0, 0.1) is 0 Å². The molecular weight excluding hydrogens is 251 g/mol. The topological polar surface area (TPSA) is 11.3 Å². The molecular formula is C13H8OSe+. The summed E-state index contributed by atoms with van der Waals surface area (Å²) in [7, 11) is 0. The van der Waals surface area contributed by atoms with Crippen molar-refractivity contribution in [2.24, 2.45) is 0 Å². The molecule has 0 bridgehead atoms. The Kier molecular flexibility index (Phi) is 1.98. The Morgan fingerprint density at radius 1 is 0.867 bits per heavy atom. The zero-order valence-electron chi connectivity index (χ0n) is 7.94. The molecule has 0 saturated carbocycles. The van der Waals surface area contributed by atoms with Gasteiger partial charge >= 0.3 is 95.4 Å².